The lowest BCUT2D eigenvalue weighted by atomic mass is 9.99. The van der Waals surface area contributed by atoms with Gasteiger partial charge < -0.3 is 19.7 Å². The van der Waals surface area contributed by atoms with E-state index in [2.05, 4.69) is 16.9 Å². The molecule has 20 heavy (non-hydrogen) atoms. The Bertz CT molecular complexity index is 524. The highest BCUT2D eigenvalue weighted by molar-refractivity contribution is 5.75. The molecule has 2 rings (SSSR count). The minimum Gasteiger partial charge on any atom is -0.481 e. The zero-order chi connectivity index (χ0) is 14.5. The van der Waals surface area contributed by atoms with E-state index in [4.69, 9.17) is 9.84 Å². The number of nitrogens with one attached hydrogen (secondary N) is 1. The number of carboxylic acids is 1. The molecular weight excluding hydrogens is 262 g/mol. The number of carbonyl (C=O) groups is 2. The predicted molar refractivity (Wildman–Crippen MR) is 70.2 cm³/mol. The summed E-state index contributed by atoms with van der Waals surface area (Å²) in [5.41, 5.74) is 0.628. The molecule has 1 amide bonds. The summed E-state index contributed by atoms with van der Waals surface area (Å²) in [6.45, 7) is 4.56. The number of aliphatic carboxylic acids is 1. The van der Waals surface area contributed by atoms with Gasteiger partial charge in [0.15, 0.2) is 0 Å². The molecule has 1 aromatic heterocycles. The van der Waals surface area contributed by atoms with Gasteiger partial charge in [-0.15, -0.1) is 0 Å². The van der Waals surface area contributed by atoms with Crippen molar-refractivity contribution < 1.29 is 19.4 Å². The average molecular weight is 279 g/mol. The molecule has 1 unspecified atom stereocenters. The molecular formula is C13H17N3O4. The van der Waals surface area contributed by atoms with Gasteiger partial charge in [0, 0.05) is 12.7 Å². The molecule has 1 aliphatic rings. The Kier molecular flexibility index (Phi) is 4.39. The molecule has 0 saturated heterocycles. The van der Waals surface area contributed by atoms with Crippen LogP contribution in [-0.4, -0.2) is 33.3 Å². The number of fused-ring (bicyclic) bond motifs is 1. The highest BCUT2D eigenvalue weighted by Gasteiger charge is 2.28. The summed E-state index contributed by atoms with van der Waals surface area (Å²) in [7, 11) is 0. The third-order valence-electron chi connectivity index (χ3n) is 3.10. The number of aromatic nitrogens is 2. The normalized spacial score (nSPS) is 17.1. The summed E-state index contributed by atoms with van der Waals surface area (Å²) in [5.74, 6) is -0.869. The first-order chi connectivity index (χ1) is 9.61. The van der Waals surface area contributed by atoms with Gasteiger partial charge in [-0.05, 0) is 12.8 Å². The number of imidazole rings is 1. The first-order valence-corrected chi connectivity index (χ1v) is 6.42. The van der Waals surface area contributed by atoms with Gasteiger partial charge in [0.25, 0.3) is 0 Å². The van der Waals surface area contributed by atoms with Crippen molar-refractivity contribution in [3.05, 3.63) is 30.4 Å². The number of rotatable bonds is 5. The number of nitrogens with zero attached hydrogens (tertiary/aromatic N) is 2. The number of aryl methyl sites for hydroxylation is 1. The van der Waals surface area contributed by atoms with Gasteiger partial charge in [-0.2, -0.15) is 0 Å². The van der Waals surface area contributed by atoms with E-state index in [1.165, 1.54) is 6.08 Å². The summed E-state index contributed by atoms with van der Waals surface area (Å²) in [4.78, 5) is 26.7. The van der Waals surface area contributed by atoms with Crippen LogP contribution in [0.25, 0.3) is 0 Å². The van der Waals surface area contributed by atoms with Crippen LogP contribution in [0.3, 0.4) is 0 Å². The highest BCUT2D eigenvalue weighted by atomic mass is 16.5. The molecule has 0 radical (unpaired) electrons. The van der Waals surface area contributed by atoms with E-state index in [1.807, 2.05) is 4.57 Å². The van der Waals surface area contributed by atoms with E-state index in [0.29, 0.717) is 17.9 Å². The van der Waals surface area contributed by atoms with Crippen molar-refractivity contribution in [3.8, 4) is 0 Å². The third-order valence-corrected chi connectivity index (χ3v) is 3.10. The zero-order valence-electron chi connectivity index (χ0n) is 11.0. The van der Waals surface area contributed by atoms with Crippen molar-refractivity contribution in [2.24, 2.45) is 0 Å². The van der Waals surface area contributed by atoms with Crippen molar-refractivity contribution in [2.75, 3.05) is 6.61 Å². The average Bonchev–Trinajstić information content (AvgIpc) is 2.85. The molecule has 0 aliphatic carbocycles. The van der Waals surface area contributed by atoms with Crippen molar-refractivity contribution in [2.45, 2.75) is 31.8 Å². The van der Waals surface area contributed by atoms with Crippen LogP contribution in [0.15, 0.2) is 18.9 Å². The van der Waals surface area contributed by atoms with Gasteiger partial charge >= 0.3 is 12.1 Å². The lowest BCUT2D eigenvalue weighted by Gasteiger charge is -2.19. The maximum atomic E-state index is 11.3. The van der Waals surface area contributed by atoms with E-state index in [1.54, 1.807) is 6.20 Å². The molecule has 0 spiro atoms. The molecule has 0 saturated carbocycles. The van der Waals surface area contributed by atoms with E-state index in [-0.39, 0.29) is 13.2 Å². The Hall–Kier alpha value is -2.31. The van der Waals surface area contributed by atoms with Crippen LogP contribution in [0.2, 0.25) is 0 Å². The Balaban J connectivity index is 1.99. The molecule has 2 heterocycles. The van der Waals surface area contributed by atoms with Gasteiger partial charge in [-0.1, -0.05) is 12.7 Å². The summed E-state index contributed by atoms with van der Waals surface area (Å²) >= 11 is 0. The SMILES string of the molecule is C=CCOC(=O)NCc1cn2c(n1)C(C(=O)O)CCC2. The fraction of sp³-hybridized carbons (Fsp3) is 0.462. The van der Waals surface area contributed by atoms with Crippen molar-refractivity contribution in [1.29, 1.82) is 0 Å². The smallest absolute Gasteiger partial charge is 0.407 e. The van der Waals surface area contributed by atoms with E-state index >= 15 is 0 Å². The topological polar surface area (TPSA) is 93.5 Å². The van der Waals surface area contributed by atoms with Gasteiger partial charge in [0.05, 0.1) is 12.2 Å². The van der Waals surface area contributed by atoms with Crippen LogP contribution in [-0.2, 0) is 22.6 Å². The summed E-state index contributed by atoms with van der Waals surface area (Å²) in [6, 6.07) is 0. The molecule has 0 bridgehead atoms. The molecule has 0 aromatic carbocycles. The van der Waals surface area contributed by atoms with Crippen LogP contribution in [0, 0.1) is 0 Å². The van der Waals surface area contributed by atoms with Gasteiger partial charge in [-0.3, -0.25) is 4.79 Å². The Morgan fingerprint density at radius 2 is 2.45 bits per heavy atom. The molecule has 108 valence electrons. The quantitative estimate of drug-likeness (QED) is 0.791. The van der Waals surface area contributed by atoms with Crippen LogP contribution in [0.4, 0.5) is 4.79 Å². The minimum absolute atomic E-state index is 0.145. The van der Waals surface area contributed by atoms with Crippen LogP contribution < -0.4 is 5.32 Å². The lowest BCUT2D eigenvalue weighted by molar-refractivity contribution is -0.139. The maximum absolute atomic E-state index is 11.3. The van der Waals surface area contributed by atoms with Crippen molar-refractivity contribution in [1.82, 2.24) is 14.9 Å². The van der Waals surface area contributed by atoms with Crippen molar-refractivity contribution in [3.63, 3.8) is 0 Å². The summed E-state index contributed by atoms with van der Waals surface area (Å²) in [6.07, 6.45) is 4.12. The van der Waals surface area contributed by atoms with Crippen LogP contribution in [0.1, 0.15) is 30.3 Å². The molecule has 1 atom stereocenters. The van der Waals surface area contributed by atoms with Crippen LogP contribution >= 0.6 is 0 Å². The predicted octanol–water partition coefficient (Wildman–Crippen LogP) is 1.26. The first-order valence-electron chi connectivity index (χ1n) is 6.42. The van der Waals surface area contributed by atoms with Crippen molar-refractivity contribution >= 4 is 12.1 Å². The second-order valence-corrected chi connectivity index (χ2v) is 4.56. The second-order valence-electron chi connectivity index (χ2n) is 4.56. The number of hydrogen-bond donors (Lipinski definition) is 2. The monoisotopic (exact) mass is 279 g/mol. The Labute approximate surface area is 116 Å². The standard InChI is InChI=1S/C13H17N3O4/c1-2-6-20-13(19)14-7-9-8-16-5-3-4-10(12(17)18)11(16)15-9/h2,8,10H,1,3-7H2,(H,14,19)(H,17,18). The maximum Gasteiger partial charge on any atom is 0.407 e. The third kappa shape index (κ3) is 3.17. The Morgan fingerprint density at radius 1 is 1.65 bits per heavy atom. The molecule has 0 fully saturated rings. The van der Waals surface area contributed by atoms with E-state index in [0.717, 1.165) is 13.0 Å². The minimum atomic E-state index is -0.860. The highest BCUT2D eigenvalue weighted by Crippen LogP contribution is 2.26. The number of carbonyl (C=O) groups excluding carboxylic acids is 1. The Morgan fingerprint density at radius 3 is 3.15 bits per heavy atom. The zero-order valence-corrected chi connectivity index (χ0v) is 11.0. The molecule has 2 N–H and O–H groups in total. The molecule has 1 aliphatic heterocycles. The molecule has 7 nitrogen and oxygen atoms in total. The van der Waals surface area contributed by atoms with Gasteiger partial charge in [-0.25, -0.2) is 9.78 Å². The largest absolute Gasteiger partial charge is 0.481 e. The second kappa shape index (κ2) is 6.23. The number of amides is 1. The lowest BCUT2D eigenvalue weighted by Crippen LogP contribution is -2.24. The summed E-state index contributed by atoms with van der Waals surface area (Å²) in [5, 5.41) is 11.7. The molecule has 1 aromatic rings. The van der Waals surface area contributed by atoms with E-state index in [9.17, 15) is 9.59 Å². The number of ether oxygens (including phenoxy) is 1. The van der Waals surface area contributed by atoms with Gasteiger partial charge in [0.2, 0.25) is 0 Å². The molecule has 7 heteroatoms. The van der Waals surface area contributed by atoms with Gasteiger partial charge in [0.1, 0.15) is 18.3 Å². The fourth-order valence-corrected chi connectivity index (χ4v) is 2.21. The van der Waals surface area contributed by atoms with E-state index < -0.39 is 18.0 Å². The number of carboxylic acid groups (broad SMARTS) is 1. The summed E-state index contributed by atoms with van der Waals surface area (Å²) < 4.78 is 6.62. The fourth-order valence-electron chi connectivity index (χ4n) is 2.21. The van der Waals surface area contributed by atoms with Crippen LogP contribution in [0.5, 0.6) is 0 Å². The number of hydrogen-bond acceptors (Lipinski definition) is 4. The first kappa shape index (κ1) is 14.1. The number of alkyl carbamates (subject to hydrolysis) is 1.